The number of hydrogen-bond acceptors (Lipinski definition) is 7. The third kappa shape index (κ3) is 6.73. The van der Waals surface area contributed by atoms with Crippen LogP contribution in [0, 0.1) is 0 Å². The number of benzene rings is 1. The van der Waals surface area contributed by atoms with Gasteiger partial charge in [-0.2, -0.15) is 4.31 Å². The summed E-state index contributed by atoms with van der Waals surface area (Å²) in [7, 11) is -3.54. The first kappa shape index (κ1) is 24.6. The van der Waals surface area contributed by atoms with E-state index in [4.69, 9.17) is 10.5 Å². The van der Waals surface area contributed by atoms with Crippen molar-refractivity contribution in [2.75, 3.05) is 25.0 Å². The van der Waals surface area contributed by atoms with Gasteiger partial charge in [0.15, 0.2) is 6.61 Å². The first-order chi connectivity index (χ1) is 15.8. The zero-order valence-corrected chi connectivity index (χ0v) is 19.5. The minimum Gasteiger partial charge on any atom is -0.452 e. The van der Waals surface area contributed by atoms with E-state index in [1.807, 2.05) is 0 Å². The van der Waals surface area contributed by atoms with Crippen LogP contribution in [0.2, 0.25) is 0 Å². The number of ether oxygens (including phenoxy) is 1. The van der Waals surface area contributed by atoms with Gasteiger partial charge in [0.25, 0.3) is 11.8 Å². The molecule has 1 aliphatic rings. The summed E-state index contributed by atoms with van der Waals surface area (Å²) in [6, 6.07) is 7.71. The average molecular weight is 492 g/mol. The SMILES string of the molecule is NC(=O)c1ccsc1NC(=O)COC(=O)C=Cc1ccc(S(=O)(=O)N2CCCCCC2)cc1. The highest BCUT2D eigenvalue weighted by Crippen LogP contribution is 2.23. The highest BCUT2D eigenvalue weighted by Gasteiger charge is 2.24. The Morgan fingerprint density at radius 2 is 1.73 bits per heavy atom. The van der Waals surface area contributed by atoms with E-state index in [2.05, 4.69) is 5.32 Å². The number of carbonyl (C=O) groups is 3. The highest BCUT2D eigenvalue weighted by atomic mass is 32.2. The molecule has 0 radical (unpaired) electrons. The number of primary amides is 1. The molecule has 3 rings (SSSR count). The summed E-state index contributed by atoms with van der Waals surface area (Å²) in [5, 5.41) is 4.36. The number of nitrogens with one attached hydrogen (secondary N) is 1. The standard InChI is InChI=1S/C22H25N3O6S2/c23-21(28)18-11-14-32-22(18)24-19(26)15-31-20(27)10-7-16-5-8-17(9-6-16)33(29,30)25-12-3-1-2-4-13-25/h5-11,14H,1-4,12-13,15H2,(H2,23,28)(H,24,26). The fourth-order valence-electron chi connectivity index (χ4n) is 3.29. The van der Waals surface area contributed by atoms with Gasteiger partial charge in [0.05, 0.1) is 10.5 Å². The smallest absolute Gasteiger partial charge is 0.331 e. The topological polar surface area (TPSA) is 136 Å². The molecule has 0 unspecified atom stereocenters. The van der Waals surface area contributed by atoms with E-state index in [1.54, 1.807) is 17.5 Å². The van der Waals surface area contributed by atoms with Crippen LogP contribution in [-0.2, 0) is 24.3 Å². The Hall–Kier alpha value is -3.02. The molecule has 0 bridgehead atoms. The molecule has 1 aromatic heterocycles. The van der Waals surface area contributed by atoms with Gasteiger partial charge in [0, 0.05) is 19.2 Å². The van der Waals surface area contributed by atoms with E-state index in [9.17, 15) is 22.8 Å². The molecule has 176 valence electrons. The number of esters is 1. The van der Waals surface area contributed by atoms with Gasteiger partial charge in [0.2, 0.25) is 10.0 Å². The van der Waals surface area contributed by atoms with Gasteiger partial charge < -0.3 is 15.8 Å². The van der Waals surface area contributed by atoms with Gasteiger partial charge in [-0.25, -0.2) is 13.2 Å². The predicted octanol–water partition coefficient (Wildman–Crippen LogP) is 2.61. The van der Waals surface area contributed by atoms with Gasteiger partial charge in [-0.1, -0.05) is 25.0 Å². The Morgan fingerprint density at radius 1 is 1.06 bits per heavy atom. The van der Waals surface area contributed by atoms with Gasteiger partial charge in [-0.3, -0.25) is 9.59 Å². The van der Waals surface area contributed by atoms with E-state index < -0.39 is 34.4 Å². The van der Waals surface area contributed by atoms with Crippen LogP contribution >= 0.6 is 11.3 Å². The van der Waals surface area contributed by atoms with Crippen LogP contribution in [0.3, 0.4) is 0 Å². The number of sulfonamides is 1. The zero-order valence-electron chi connectivity index (χ0n) is 17.9. The molecule has 33 heavy (non-hydrogen) atoms. The maximum atomic E-state index is 12.8. The van der Waals surface area contributed by atoms with Crippen LogP contribution in [0.25, 0.3) is 6.08 Å². The largest absolute Gasteiger partial charge is 0.452 e. The predicted molar refractivity (Wildman–Crippen MR) is 125 cm³/mol. The number of anilines is 1. The van der Waals surface area contributed by atoms with Crippen molar-refractivity contribution >= 4 is 50.2 Å². The number of hydrogen-bond donors (Lipinski definition) is 2. The molecule has 1 aromatic carbocycles. The third-order valence-electron chi connectivity index (χ3n) is 5.02. The van der Waals surface area contributed by atoms with E-state index in [0.29, 0.717) is 18.7 Å². The van der Waals surface area contributed by atoms with Gasteiger partial charge >= 0.3 is 5.97 Å². The second kappa shape index (κ2) is 11.2. The lowest BCUT2D eigenvalue weighted by molar-refractivity contribution is -0.142. The summed E-state index contributed by atoms with van der Waals surface area (Å²) < 4.78 is 32.0. The second-order valence-electron chi connectivity index (χ2n) is 7.40. The van der Waals surface area contributed by atoms with Crippen molar-refractivity contribution in [2.24, 2.45) is 5.73 Å². The van der Waals surface area contributed by atoms with Crippen molar-refractivity contribution in [2.45, 2.75) is 30.6 Å². The van der Waals surface area contributed by atoms with Crippen LogP contribution in [0.4, 0.5) is 5.00 Å². The zero-order chi connectivity index (χ0) is 23.8. The molecule has 2 amide bonds. The maximum absolute atomic E-state index is 12.8. The Morgan fingerprint density at radius 3 is 2.36 bits per heavy atom. The molecule has 1 saturated heterocycles. The van der Waals surface area contributed by atoms with Gasteiger partial charge in [-0.15, -0.1) is 11.3 Å². The second-order valence-corrected chi connectivity index (χ2v) is 10.3. The van der Waals surface area contributed by atoms with E-state index in [-0.39, 0.29) is 15.5 Å². The lowest BCUT2D eigenvalue weighted by atomic mass is 10.2. The molecule has 0 atom stereocenters. The van der Waals surface area contributed by atoms with Crippen molar-refractivity contribution in [1.82, 2.24) is 4.31 Å². The molecule has 1 fully saturated rings. The van der Waals surface area contributed by atoms with Crippen molar-refractivity contribution in [3.05, 3.63) is 52.9 Å². The van der Waals surface area contributed by atoms with Gasteiger partial charge in [0.1, 0.15) is 5.00 Å². The highest BCUT2D eigenvalue weighted by molar-refractivity contribution is 7.89. The number of rotatable bonds is 8. The summed E-state index contributed by atoms with van der Waals surface area (Å²) in [5.74, 6) is -2.02. The van der Waals surface area contributed by atoms with Crippen molar-refractivity contribution in [3.63, 3.8) is 0 Å². The number of amides is 2. The summed E-state index contributed by atoms with van der Waals surface area (Å²) in [6.45, 7) is 0.520. The van der Waals surface area contributed by atoms with Crippen molar-refractivity contribution < 1.29 is 27.5 Å². The number of nitrogens with two attached hydrogens (primary N) is 1. The number of nitrogens with zero attached hydrogens (tertiary/aromatic N) is 1. The molecule has 0 spiro atoms. The first-order valence-corrected chi connectivity index (χ1v) is 12.7. The summed E-state index contributed by atoms with van der Waals surface area (Å²) in [4.78, 5) is 35.3. The van der Waals surface area contributed by atoms with Crippen LogP contribution in [0.15, 0.2) is 46.7 Å². The van der Waals surface area contributed by atoms with Crippen molar-refractivity contribution in [1.29, 1.82) is 0 Å². The minimum atomic E-state index is -3.54. The van der Waals surface area contributed by atoms with Crippen molar-refractivity contribution in [3.8, 4) is 0 Å². The normalized spacial score (nSPS) is 15.2. The molecule has 3 N–H and O–H groups in total. The average Bonchev–Trinajstić information content (AvgIpc) is 3.07. The van der Waals surface area contributed by atoms with E-state index >= 15 is 0 Å². The molecule has 0 aliphatic carbocycles. The summed E-state index contributed by atoms with van der Waals surface area (Å²) in [6.07, 6.45) is 6.41. The fourth-order valence-corrected chi connectivity index (χ4v) is 5.62. The lowest BCUT2D eigenvalue weighted by Crippen LogP contribution is -2.31. The first-order valence-electron chi connectivity index (χ1n) is 10.4. The Kier molecular flexibility index (Phi) is 8.37. The van der Waals surface area contributed by atoms with Crippen LogP contribution in [0.5, 0.6) is 0 Å². The summed E-state index contributed by atoms with van der Waals surface area (Å²) in [5.41, 5.74) is 6.00. The monoisotopic (exact) mass is 491 g/mol. The molecule has 9 nitrogen and oxygen atoms in total. The molecule has 1 aliphatic heterocycles. The van der Waals surface area contributed by atoms with Crippen LogP contribution in [0.1, 0.15) is 41.6 Å². The Labute approximate surface area is 196 Å². The fraction of sp³-hybridized carbons (Fsp3) is 0.318. The molecule has 11 heteroatoms. The Balaban J connectivity index is 1.52. The lowest BCUT2D eigenvalue weighted by Gasteiger charge is -2.19. The molecule has 0 saturated carbocycles. The summed E-state index contributed by atoms with van der Waals surface area (Å²) >= 11 is 1.13. The van der Waals surface area contributed by atoms with Gasteiger partial charge in [-0.05, 0) is 48.1 Å². The minimum absolute atomic E-state index is 0.181. The third-order valence-corrected chi connectivity index (χ3v) is 7.77. The van der Waals surface area contributed by atoms with E-state index in [1.165, 1.54) is 28.6 Å². The maximum Gasteiger partial charge on any atom is 0.331 e. The van der Waals surface area contributed by atoms with Crippen LogP contribution in [-0.4, -0.2) is 50.2 Å². The quantitative estimate of drug-likeness (QED) is 0.430. The molecular formula is C22H25N3O6S2. The number of thiophene rings is 1. The van der Waals surface area contributed by atoms with Crippen LogP contribution < -0.4 is 11.1 Å². The molecular weight excluding hydrogens is 466 g/mol. The van der Waals surface area contributed by atoms with E-state index in [0.717, 1.165) is 43.1 Å². The number of carbonyl (C=O) groups excluding carboxylic acids is 3. The molecule has 2 heterocycles. The Bertz CT molecular complexity index is 1130. The molecule has 2 aromatic rings.